The van der Waals surface area contributed by atoms with E-state index in [1.807, 2.05) is 30.3 Å². The van der Waals surface area contributed by atoms with Gasteiger partial charge < -0.3 is 14.6 Å². The third-order valence-corrected chi connectivity index (χ3v) is 3.61. The molecule has 1 amide bonds. The van der Waals surface area contributed by atoms with Gasteiger partial charge in [-0.1, -0.05) is 30.3 Å². The summed E-state index contributed by atoms with van der Waals surface area (Å²) < 4.78 is 10.7. The third-order valence-electron chi connectivity index (χ3n) is 3.61. The summed E-state index contributed by atoms with van der Waals surface area (Å²) in [6, 6.07) is 12.3. The average Bonchev–Trinajstić information content (AvgIpc) is 2.57. The highest BCUT2D eigenvalue weighted by Gasteiger charge is 2.30. The van der Waals surface area contributed by atoms with E-state index in [-0.39, 0.29) is 18.1 Å². The number of nitrogens with zero attached hydrogens (tertiary/aromatic N) is 1. The summed E-state index contributed by atoms with van der Waals surface area (Å²) in [7, 11) is 1.43. The van der Waals surface area contributed by atoms with Gasteiger partial charge in [0.2, 0.25) is 0 Å². The molecule has 0 saturated carbocycles. The van der Waals surface area contributed by atoms with Gasteiger partial charge in [-0.2, -0.15) is 0 Å². The number of rotatable bonds is 4. The average molecular weight is 313 g/mol. The SMILES string of the molecule is COc1cc(C(=O)O)cc2c1N(Cc1ccccc1)C(=O)CO2. The van der Waals surface area contributed by atoms with Crippen molar-refractivity contribution in [2.24, 2.45) is 0 Å². The van der Waals surface area contributed by atoms with Gasteiger partial charge in [-0.3, -0.25) is 9.69 Å². The van der Waals surface area contributed by atoms with Gasteiger partial charge in [0.1, 0.15) is 17.2 Å². The van der Waals surface area contributed by atoms with E-state index in [9.17, 15) is 9.59 Å². The normalized spacial score (nSPS) is 13.3. The van der Waals surface area contributed by atoms with Crippen LogP contribution in [-0.2, 0) is 11.3 Å². The predicted octanol–water partition coefficient (Wildman–Crippen LogP) is 2.32. The molecule has 6 nitrogen and oxygen atoms in total. The minimum atomic E-state index is -1.08. The summed E-state index contributed by atoms with van der Waals surface area (Å²) in [5.41, 5.74) is 1.46. The number of aromatic carboxylic acids is 1. The van der Waals surface area contributed by atoms with Crippen LogP contribution in [0.5, 0.6) is 11.5 Å². The number of carbonyl (C=O) groups excluding carboxylic acids is 1. The van der Waals surface area contributed by atoms with Crippen LogP contribution in [-0.4, -0.2) is 30.7 Å². The first-order valence-electron chi connectivity index (χ1n) is 7.02. The summed E-state index contributed by atoms with van der Waals surface area (Å²) in [4.78, 5) is 25.0. The van der Waals surface area contributed by atoms with Crippen LogP contribution in [0.25, 0.3) is 0 Å². The van der Waals surface area contributed by atoms with Crippen LogP contribution in [0.3, 0.4) is 0 Å². The molecule has 0 radical (unpaired) electrons. The molecule has 118 valence electrons. The van der Waals surface area contributed by atoms with E-state index >= 15 is 0 Å². The molecular weight excluding hydrogens is 298 g/mol. The molecule has 1 aliphatic rings. The van der Waals surface area contributed by atoms with Gasteiger partial charge in [-0.05, 0) is 17.7 Å². The Kier molecular flexibility index (Phi) is 3.89. The van der Waals surface area contributed by atoms with Gasteiger partial charge in [0, 0.05) is 0 Å². The lowest BCUT2D eigenvalue weighted by Crippen LogP contribution is -2.38. The Hall–Kier alpha value is -3.02. The van der Waals surface area contributed by atoms with Crippen LogP contribution in [0, 0.1) is 0 Å². The van der Waals surface area contributed by atoms with Crippen molar-refractivity contribution in [3.05, 3.63) is 53.6 Å². The molecule has 0 saturated heterocycles. The second-order valence-electron chi connectivity index (χ2n) is 5.08. The highest BCUT2D eigenvalue weighted by atomic mass is 16.5. The van der Waals surface area contributed by atoms with Crippen molar-refractivity contribution in [1.82, 2.24) is 0 Å². The number of benzene rings is 2. The summed E-state index contributed by atoms with van der Waals surface area (Å²) in [5, 5.41) is 9.17. The monoisotopic (exact) mass is 313 g/mol. The number of hydrogen-bond acceptors (Lipinski definition) is 4. The lowest BCUT2D eigenvalue weighted by Gasteiger charge is -2.31. The highest BCUT2D eigenvalue weighted by molar-refractivity contribution is 6.01. The largest absolute Gasteiger partial charge is 0.494 e. The van der Waals surface area contributed by atoms with Crippen LogP contribution >= 0.6 is 0 Å². The number of amides is 1. The lowest BCUT2D eigenvalue weighted by molar-refractivity contribution is -0.121. The molecule has 0 fully saturated rings. The first-order valence-corrected chi connectivity index (χ1v) is 7.02. The Labute approximate surface area is 132 Å². The van der Waals surface area contributed by atoms with Gasteiger partial charge in [0.15, 0.2) is 6.61 Å². The fraction of sp³-hybridized carbons (Fsp3) is 0.176. The molecule has 0 unspecified atom stereocenters. The number of anilines is 1. The van der Waals surface area contributed by atoms with Gasteiger partial charge in [-0.25, -0.2) is 4.79 Å². The second kappa shape index (κ2) is 6.00. The summed E-state index contributed by atoms with van der Waals surface area (Å²) >= 11 is 0. The van der Waals surface area contributed by atoms with Gasteiger partial charge >= 0.3 is 5.97 Å². The van der Waals surface area contributed by atoms with Crippen molar-refractivity contribution in [3.8, 4) is 11.5 Å². The zero-order chi connectivity index (χ0) is 16.4. The van der Waals surface area contributed by atoms with Gasteiger partial charge in [0.05, 0.1) is 19.2 Å². The van der Waals surface area contributed by atoms with E-state index in [0.29, 0.717) is 23.7 Å². The second-order valence-corrected chi connectivity index (χ2v) is 5.08. The van der Waals surface area contributed by atoms with Crippen LogP contribution < -0.4 is 14.4 Å². The number of carboxylic acids is 1. The van der Waals surface area contributed by atoms with Crippen LogP contribution in [0.2, 0.25) is 0 Å². The van der Waals surface area contributed by atoms with E-state index in [0.717, 1.165) is 5.56 Å². The zero-order valence-corrected chi connectivity index (χ0v) is 12.5. The van der Waals surface area contributed by atoms with E-state index in [4.69, 9.17) is 14.6 Å². The maximum Gasteiger partial charge on any atom is 0.335 e. The van der Waals surface area contributed by atoms with E-state index in [1.54, 1.807) is 4.90 Å². The minimum Gasteiger partial charge on any atom is -0.494 e. The summed E-state index contributed by atoms with van der Waals surface area (Å²) in [6.07, 6.45) is 0. The number of hydrogen-bond donors (Lipinski definition) is 1. The number of carbonyl (C=O) groups is 2. The quantitative estimate of drug-likeness (QED) is 0.937. The predicted molar refractivity (Wildman–Crippen MR) is 83.1 cm³/mol. The fourth-order valence-corrected chi connectivity index (χ4v) is 2.51. The molecule has 0 aromatic heterocycles. The number of fused-ring (bicyclic) bond motifs is 1. The molecule has 2 aromatic carbocycles. The highest BCUT2D eigenvalue weighted by Crippen LogP contribution is 2.42. The van der Waals surface area contributed by atoms with Crippen LogP contribution in [0.15, 0.2) is 42.5 Å². The van der Waals surface area contributed by atoms with E-state index in [2.05, 4.69) is 0 Å². The Morgan fingerprint density at radius 2 is 2.04 bits per heavy atom. The molecule has 6 heteroatoms. The Bertz CT molecular complexity index is 740. The minimum absolute atomic E-state index is 0.0506. The Balaban J connectivity index is 2.07. The maximum absolute atomic E-state index is 12.3. The van der Waals surface area contributed by atoms with E-state index in [1.165, 1.54) is 19.2 Å². The lowest BCUT2D eigenvalue weighted by atomic mass is 10.1. The molecule has 1 heterocycles. The number of carboxylic acid groups (broad SMARTS) is 1. The first-order chi connectivity index (χ1) is 11.1. The van der Waals surface area contributed by atoms with Crippen molar-refractivity contribution in [1.29, 1.82) is 0 Å². The van der Waals surface area contributed by atoms with Crippen LogP contribution in [0.1, 0.15) is 15.9 Å². The van der Waals surface area contributed by atoms with Crippen molar-refractivity contribution in [2.45, 2.75) is 6.54 Å². The molecule has 0 aliphatic carbocycles. The molecule has 0 atom stereocenters. The Morgan fingerprint density at radius 3 is 2.70 bits per heavy atom. The van der Waals surface area contributed by atoms with Crippen LogP contribution in [0.4, 0.5) is 5.69 Å². The molecule has 1 aliphatic heterocycles. The Morgan fingerprint density at radius 1 is 1.30 bits per heavy atom. The summed E-state index contributed by atoms with van der Waals surface area (Å²) in [6.45, 7) is 0.227. The first kappa shape index (κ1) is 14.9. The van der Waals surface area contributed by atoms with Gasteiger partial charge in [-0.15, -0.1) is 0 Å². The topological polar surface area (TPSA) is 76.1 Å². The zero-order valence-electron chi connectivity index (χ0n) is 12.5. The molecule has 1 N–H and O–H groups in total. The van der Waals surface area contributed by atoms with Gasteiger partial charge in [0.25, 0.3) is 5.91 Å². The molecule has 3 rings (SSSR count). The van der Waals surface area contributed by atoms with E-state index < -0.39 is 5.97 Å². The maximum atomic E-state index is 12.3. The van der Waals surface area contributed by atoms with Crippen molar-refractivity contribution in [3.63, 3.8) is 0 Å². The summed E-state index contributed by atoms with van der Waals surface area (Å²) in [5.74, 6) is -0.662. The smallest absolute Gasteiger partial charge is 0.335 e. The van der Waals surface area contributed by atoms with Crippen molar-refractivity contribution >= 4 is 17.6 Å². The number of methoxy groups -OCH3 is 1. The molecule has 0 bridgehead atoms. The molecule has 2 aromatic rings. The van der Waals surface area contributed by atoms with Crippen molar-refractivity contribution in [2.75, 3.05) is 18.6 Å². The molecular formula is C17H15NO5. The third kappa shape index (κ3) is 2.83. The molecule has 0 spiro atoms. The standard InChI is InChI=1S/C17H15NO5/c1-22-13-7-12(17(20)21)8-14-16(13)18(15(19)10-23-14)9-11-5-3-2-4-6-11/h2-8H,9-10H2,1H3,(H,20,21). The number of ether oxygens (including phenoxy) is 2. The fourth-order valence-electron chi connectivity index (χ4n) is 2.51. The molecule has 23 heavy (non-hydrogen) atoms. The van der Waals surface area contributed by atoms with Crippen molar-refractivity contribution < 1.29 is 24.2 Å².